The molecule has 0 amide bonds. The number of rotatable bonds is 5. The van der Waals surface area contributed by atoms with E-state index in [4.69, 9.17) is 9.97 Å². The highest BCUT2D eigenvalue weighted by Gasteiger charge is 2.63. The van der Waals surface area contributed by atoms with E-state index in [1.54, 1.807) is 0 Å². The molecular weight excluding hydrogens is 488 g/mol. The molecule has 0 radical (unpaired) electrons. The summed E-state index contributed by atoms with van der Waals surface area (Å²) in [6.45, 7) is 13.6. The van der Waals surface area contributed by atoms with Crippen LogP contribution < -0.4 is 4.72 Å². The number of nitrogens with one attached hydrogen (secondary N) is 1. The number of fused-ring (bicyclic) bond motifs is 2. The van der Waals surface area contributed by atoms with E-state index >= 15 is 0 Å². The molecule has 2 saturated carbocycles. The number of anilines is 1. The van der Waals surface area contributed by atoms with Crippen LogP contribution in [0.3, 0.4) is 0 Å². The number of hydrogen-bond donors (Lipinski definition) is 2. The van der Waals surface area contributed by atoms with Crippen LogP contribution in [0.25, 0.3) is 11.3 Å². The van der Waals surface area contributed by atoms with Gasteiger partial charge in [0, 0.05) is 28.7 Å². The van der Waals surface area contributed by atoms with E-state index in [1.807, 2.05) is 6.08 Å². The molecule has 2 aliphatic carbocycles. The number of aliphatic hydroxyl groups is 1. The molecule has 6 heteroatoms. The number of allylic oxidation sites excluding steroid dienone is 3. The molecule has 1 aromatic heterocycles. The minimum atomic E-state index is -0.709. The maximum atomic E-state index is 11.8. The second-order valence-corrected chi connectivity index (χ2v) is 12.9. The van der Waals surface area contributed by atoms with Gasteiger partial charge in [-0.1, -0.05) is 56.9 Å². The Balaban J connectivity index is 1.52. The molecule has 3 aliphatic rings. The van der Waals surface area contributed by atoms with E-state index in [-0.39, 0.29) is 6.04 Å². The first-order valence-corrected chi connectivity index (χ1v) is 14.9. The number of nitrogens with zero attached hydrogens (tertiary/aromatic N) is 3. The molecule has 0 saturated heterocycles. The number of hydrogen-bond acceptors (Lipinski definition) is 6. The molecule has 1 aliphatic heterocycles. The number of aromatic nitrogens is 2. The van der Waals surface area contributed by atoms with Gasteiger partial charge in [-0.05, 0) is 105 Å². The van der Waals surface area contributed by atoms with Gasteiger partial charge in [0.05, 0.1) is 5.69 Å². The molecule has 2 N–H and O–H groups in total. The third-order valence-corrected chi connectivity index (χ3v) is 9.23. The third kappa shape index (κ3) is 5.93. The van der Waals surface area contributed by atoms with Gasteiger partial charge in [0.25, 0.3) is 0 Å². The van der Waals surface area contributed by atoms with Crippen LogP contribution in [0, 0.1) is 25.2 Å². The number of aryl methyl sites for hydroxylation is 3. The minimum absolute atomic E-state index is 0.274. The van der Waals surface area contributed by atoms with Crippen molar-refractivity contribution in [3.05, 3.63) is 76.9 Å². The Morgan fingerprint density at radius 1 is 1.21 bits per heavy atom. The smallest absolute Gasteiger partial charge is 0.233 e. The van der Waals surface area contributed by atoms with Crippen LogP contribution in [-0.4, -0.2) is 38.3 Å². The van der Waals surface area contributed by atoms with Gasteiger partial charge in [0.15, 0.2) is 0 Å². The summed E-state index contributed by atoms with van der Waals surface area (Å²) in [7, 11) is 0. The van der Waals surface area contributed by atoms with Crippen molar-refractivity contribution in [2.75, 3.05) is 11.3 Å². The van der Waals surface area contributed by atoms with E-state index < -0.39 is 5.72 Å². The van der Waals surface area contributed by atoms with Crippen LogP contribution in [-0.2, 0) is 6.42 Å². The largest absolute Gasteiger partial charge is 0.376 e. The molecule has 2 aromatic rings. The van der Waals surface area contributed by atoms with Crippen LogP contribution in [0.5, 0.6) is 0 Å². The zero-order chi connectivity index (χ0) is 26.9. The molecular formula is C32H42N4OS. The van der Waals surface area contributed by atoms with Crippen molar-refractivity contribution >= 4 is 17.9 Å². The molecule has 2 bridgehead atoms. The molecule has 5 rings (SSSR count). The molecule has 1 aromatic carbocycles. The summed E-state index contributed by atoms with van der Waals surface area (Å²) in [6.07, 6.45) is 15.4. The minimum Gasteiger partial charge on any atom is -0.376 e. The molecule has 1 unspecified atom stereocenters. The summed E-state index contributed by atoms with van der Waals surface area (Å²) in [5.74, 6) is 1.16. The van der Waals surface area contributed by atoms with Gasteiger partial charge in [-0.3, -0.25) is 9.62 Å². The van der Waals surface area contributed by atoms with Gasteiger partial charge >= 0.3 is 0 Å². The fourth-order valence-corrected chi connectivity index (χ4v) is 6.93. The van der Waals surface area contributed by atoms with Crippen molar-refractivity contribution in [2.45, 2.75) is 84.4 Å². The van der Waals surface area contributed by atoms with E-state index in [1.165, 1.54) is 41.5 Å². The maximum Gasteiger partial charge on any atom is 0.233 e. The van der Waals surface area contributed by atoms with E-state index in [0.717, 1.165) is 54.9 Å². The first-order valence-electron chi connectivity index (χ1n) is 14.1. The topological polar surface area (TPSA) is 61.3 Å². The van der Waals surface area contributed by atoms with Gasteiger partial charge < -0.3 is 5.11 Å². The standard InChI is InChI=1S/C32H42N4OS/c1-6-27-12-7-8-17-36(32(37)20-31(21-32)15-16-31)26(18-22(2)3)14-13-25-19-28(34-30(33-25)35-38-27)29-23(4)10-9-11-24(29)5/h6-12,19,22,26,37H,1,13-18,20-21H2,2-5H3,(H,33,34,35)/b8-7-,27-12+. The highest BCUT2D eigenvalue weighted by Crippen LogP contribution is 2.66. The van der Waals surface area contributed by atoms with Gasteiger partial charge in [-0.2, -0.15) is 0 Å². The van der Waals surface area contributed by atoms with Gasteiger partial charge in [0.1, 0.15) is 5.72 Å². The Morgan fingerprint density at radius 3 is 2.61 bits per heavy atom. The van der Waals surface area contributed by atoms with Crippen molar-refractivity contribution in [1.29, 1.82) is 0 Å². The van der Waals surface area contributed by atoms with Crippen molar-refractivity contribution in [3.63, 3.8) is 0 Å². The van der Waals surface area contributed by atoms with Crippen molar-refractivity contribution in [1.82, 2.24) is 14.9 Å². The predicted molar refractivity (Wildman–Crippen MR) is 160 cm³/mol. The third-order valence-electron chi connectivity index (χ3n) is 8.40. The summed E-state index contributed by atoms with van der Waals surface area (Å²) < 4.78 is 3.37. The van der Waals surface area contributed by atoms with E-state index in [2.05, 4.69) is 86.4 Å². The highest BCUT2D eigenvalue weighted by molar-refractivity contribution is 8.04. The van der Waals surface area contributed by atoms with Gasteiger partial charge in [-0.25, -0.2) is 9.97 Å². The molecule has 38 heavy (non-hydrogen) atoms. The molecule has 2 heterocycles. The van der Waals surface area contributed by atoms with Crippen LogP contribution >= 0.6 is 11.9 Å². The SMILES string of the molecule is C=C/C1=C\C=C/CN(C2(O)CC3(CC3)C2)C(CC(C)C)CCc2cc(-c3c(C)cccc3C)nc(n2)NS1. The molecule has 2 fully saturated rings. The van der Waals surface area contributed by atoms with Crippen LogP contribution in [0.1, 0.15) is 69.2 Å². The maximum absolute atomic E-state index is 11.8. The second-order valence-electron chi connectivity index (χ2n) is 12.1. The fourth-order valence-electron chi connectivity index (χ4n) is 6.40. The Morgan fingerprint density at radius 2 is 1.95 bits per heavy atom. The van der Waals surface area contributed by atoms with Gasteiger partial charge in [0.2, 0.25) is 5.95 Å². The summed E-state index contributed by atoms with van der Waals surface area (Å²) >= 11 is 1.47. The first-order chi connectivity index (χ1) is 18.2. The highest BCUT2D eigenvalue weighted by atomic mass is 32.2. The lowest BCUT2D eigenvalue weighted by atomic mass is 9.71. The van der Waals surface area contributed by atoms with Gasteiger partial charge in [-0.15, -0.1) is 0 Å². The van der Waals surface area contributed by atoms with E-state index in [0.29, 0.717) is 17.3 Å². The second kappa shape index (κ2) is 11.0. The Hall–Kier alpha value is -2.41. The lowest BCUT2D eigenvalue weighted by Gasteiger charge is -2.54. The Bertz CT molecular complexity index is 1220. The summed E-state index contributed by atoms with van der Waals surface area (Å²) in [6, 6.07) is 8.82. The summed E-state index contributed by atoms with van der Waals surface area (Å²) in [5.41, 5.74) is 5.29. The average Bonchev–Trinajstić information content (AvgIpc) is 3.62. The van der Waals surface area contributed by atoms with Crippen molar-refractivity contribution in [3.8, 4) is 11.3 Å². The zero-order valence-electron chi connectivity index (χ0n) is 23.3. The lowest BCUT2D eigenvalue weighted by molar-refractivity contribution is -0.209. The van der Waals surface area contributed by atoms with Crippen LogP contribution in [0.15, 0.2) is 60.1 Å². The zero-order valence-corrected chi connectivity index (χ0v) is 24.2. The summed E-state index contributed by atoms with van der Waals surface area (Å²) in [4.78, 5) is 13.3. The van der Waals surface area contributed by atoms with Crippen LogP contribution in [0.4, 0.5) is 5.95 Å². The normalized spacial score (nSPS) is 25.0. The van der Waals surface area contributed by atoms with E-state index in [9.17, 15) is 5.11 Å². The number of benzene rings is 1. The van der Waals surface area contributed by atoms with Crippen LogP contribution in [0.2, 0.25) is 0 Å². The quantitative estimate of drug-likeness (QED) is 0.394. The Kier molecular flexibility index (Phi) is 7.86. The predicted octanol–water partition coefficient (Wildman–Crippen LogP) is 7.37. The van der Waals surface area contributed by atoms with Crippen molar-refractivity contribution in [2.24, 2.45) is 11.3 Å². The van der Waals surface area contributed by atoms with Crippen molar-refractivity contribution < 1.29 is 5.11 Å². The average molecular weight is 531 g/mol. The fraction of sp³-hybridized carbons (Fsp3) is 0.500. The Labute approximate surface area is 232 Å². The lowest BCUT2D eigenvalue weighted by Crippen LogP contribution is -2.61. The first kappa shape index (κ1) is 27.2. The molecule has 1 atom stereocenters. The molecule has 1 spiro atoms. The molecule has 202 valence electrons. The summed E-state index contributed by atoms with van der Waals surface area (Å²) in [5, 5.41) is 11.8. The monoisotopic (exact) mass is 530 g/mol. The molecule has 5 nitrogen and oxygen atoms in total.